The van der Waals surface area contributed by atoms with Crippen LogP contribution in [0.3, 0.4) is 0 Å². The first-order chi connectivity index (χ1) is 9.20. The van der Waals surface area contributed by atoms with E-state index in [0.29, 0.717) is 21.4 Å². The normalized spacial score (nSPS) is 15.4. The van der Waals surface area contributed by atoms with Crippen molar-refractivity contribution in [3.63, 3.8) is 0 Å². The second kappa shape index (κ2) is 5.52. The second-order valence-electron chi connectivity index (χ2n) is 4.72. The summed E-state index contributed by atoms with van der Waals surface area (Å²) in [6.07, 6.45) is 2.23. The Balaban J connectivity index is 2.38. The lowest BCUT2D eigenvalue weighted by atomic mass is 10.3. The number of sulfone groups is 1. The van der Waals surface area contributed by atoms with Crippen LogP contribution in [0.2, 0.25) is 10.0 Å². The molecule has 0 radical (unpaired) electrons. The lowest BCUT2D eigenvalue weighted by Gasteiger charge is -2.14. The van der Waals surface area contributed by atoms with Gasteiger partial charge in [0, 0.05) is 12.4 Å². The highest BCUT2D eigenvalue weighted by molar-refractivity contribution is 7.91. The zero-order chi connectivity index (χ0) is 15.1. The molecule has 2 rings (SSSR count). The van der Waals surface area contributed by atoms with Gasteiger partial charge in [0.15, 0.2) is 15.5 Å². The number of halogens is 2. The van der Waals surface area contributed by atoms with E-state index in [0.717, 1.165) is 0 Å². The van der Waals surface area contributed by atoms with Gasteiger partial charge >= 0.3 is 0 Å². The van der Waals surface area contributed by atoms with E-state index in [4.69, 9.17) is 23.2 Å². The fourth-order valence-corrected chi connectivity index (χ4v) is 3.72. The summed E-state index contributed by atoms with van der Waals surface area (Å²) < 4.78 is 25.8. The molecule has 0 fully saturated rings. The minimum atomic E-state index is -3.49. The molecule has 110 valence electrons. The predicted molar refractivity (Wildman–Crippen MR) is 79.0 cm³/mol. The van der Waals surface area contributed by atoms with Crippen molar-refractivity contribution in [2.75, 3.05) is 0 Å². The zero-order valence-electron chi connectivity index (χ0n) is 10.9. The predicted octanol–water partition coefficient (Wildman–Crippen LogP) is 2.33. The number of hydrogen-bond acceptors (Lipinski definition) is 4. The number of aliphatic hydroxyl groups is 1. The van der Waals surface area contributed by atoms with Crippen LogP contribution in [0, 0.1) is 0 Å². The SMILES string of the molecule is C[C@H](O)[C@@H](C)S(=O)(=O)Cc1cn2cc(Cl)cc(Cl)c2n1. The quantitative estimate of drug-likeness (QED) is 0.929. The Morgan fingerprint density at radius 3 is 2.60 bits per heavy atom. The highest BCUT2D eigenvalue weighted by Gasteiger charge is 2.26. The van der Waals surface area contributed by atoms with Gasteiger partial charge < -0.3 is 9.51 Å². The molecule has 0 aliphatic heterocycles. The topological polar surface area (TPSA) is 71.7 Å². The molecule has 2 aromatic heterocycles. The van der Waals surface area contributed by atoms with Gasteiger partial charge in [-0.05, 0) is 19.9 Å². The van der Waals surface area contributed by atoms with Crippen LogP contribution in [0.15, 0.2) is 18.5 Å². The summed E-state index contributed by atoms with van der Waals surface area (Å²) in [6.45, 7) is 2.92. The van der Waals surface area contributed by atoms with Gasteiger partial charge in [-0.25, -0.2) is 13.4 Å². The Labute approximate surface area is 127 Å². The van der Waals surface area contributed by atoms with Gasteiger partial charge in [0.25, 0.3) is 0 Å². The smallest absolute Gasteiger partial charge is 0.161 e. The molecule has 0 bridgehead atoms. The molecule has 0 spiro atoms. The molecule has 1 N–H and O–H groups in total. The Morgan fingerprint density at radius 2 is 2.00 bits per heavy atom. The minimum Gasteiger partial charge on any atom is -0.392 e. The van der Waals surface area contributed by atoms with Gasteiger partial charge in [-0.2, -0.15) is 0 Å². The first-order valence-corrected chi connectivity index (χ1v) is 8.40. The average Bonchev–Trinajstić information content (AvgIpc) is 2.69. The molecule has 0 unspecified atom stereocenters. The Hall–Kier alpha value is -0.820. The molecule has 0 aromatic carbocycles. The Kier molecular flexibility index (Phi) is 4.30. The highest BCUT2D eigenvalue weighted by atomic mass is 35.5. The van der Waals surface area contributed by atoms with Crippen LogP contribution in [-0.4, -0.2) is 34.3 Å². The fraction of sp³-hybridized carbons (Fsp3) is 0.417. The van der Waals surface area contributed by atoms with E-state index in [1.54, 1.807) is 22.9 Å². The zero-order valence-corrected chi connectivity index (χ0v) is 13.2. The third kappa shape index (κ3) is 3.09. The minimum absolute atomic E-state index is 0.255. The van der Waals surface area contributed by atoms with Crippen LogP contribution < -0.4 is 0 Å². The summed E-state index contributed by atoms with van der Waals surface area (Å²) in [6, 6.07) is 1.54. The molecule has 20 heavy (non-hydrogen) atoms. The van der Waals surface area contributed by atoms with E-state index in [1.807, 2.05) is 0 Å². The van der Waals surface area contributed by atoms with E-state index < -0.39 is 21.2 Å². The third-order valence-corrected chi connectivity index (χ3v) is 5.83. The molecular formula is C12H14Cl2N2O3S. The van der Waals surface area contributed by atoms with Gasteiger partial charge in [-0.3, -0.25) is 0 Å². The largest absolute Gasteiger partial charge is 0.392 e. The highest BCUT2D eigenvalue weighted by Crippen LogP contribution is 2.23. The molecule has 0 aliphatic carbocycles. The number of rotatable bonds is 4. The molecule has 8 heteroatoms. The van der Waals surface area contributed by atoms with Gasteiger partial charge in [0.2, 0.25) is 0 Å². The van der Waals surface area contributed by atoms with E-state index in [1.165, 1.54) is 13.8 Å². The van der Waals surface area contributed by atoms with E-state index in [9.17, 15) is 13.5 Å². The van der Waals surface area contributed by atoms with Crippen LogP contribution >= 0.6 is 23.2 Å². The number of aliphatic hydroxyl groups excluding tert-OH is 1. The number of pyridine rings is 1. The summed E-state index contributed by atoms with van der Waals surface area (Å²) in [5.74, 6) is -0.255. The summed E-state index contributed by atoms with van der Waals surface area (Å²) in [5.41, 5.74) is 0.813. The maximum absolute atomic E-state index is 12.1. The van der Waals surface area contributed by atoms with Crippen LogP contribution in [0.4, 0.5) is 0 Å². The van der Waals surface area contributed by atoms with Crippen molar-refractivity contribution in [2.45, 2.75) is 31.0 Å². The first-order valence-electron chi connectivity index (χ1n) is 5.93. The standard InChI is InChI=1S/C12H14Cl2N2O3S/c1-7(17)8(2)20(18,19)6-10-5-16-4-9(13)3-11(14)12(16)15-10/h3-5,7-8,17H,6H2,1-2H3/t7-,8+/m0/s1. The van der Waals surface area contributed by atoms with E-state index >= 15 is 0 Å². The molecule has 2 atom stereocenters. The fourth-order valence-electron chi connectivity index (χ4n) is 1.78. The number of hydrogen-bond donors (Lipinski definition) is 1. The maximum atomic E-state index is 12.1. The van der Waals surface area contributed by atoms with Gasteiger partial charge in [-0.15, -0.1) is 0 Å². The van der Waals surface area contributed by atoms with E-state index in [2.05, 4.69) is 4.98 Å². The van der Waals surface area contributed by atoms with Crippen LogP contribution in [0.5, 0.6) is 0 Å². The summed E-state index contributed by atoms with van der Waals surface area (Å²) in [4.78, 5) is 4.19. The van der Waals surface area contributed by atoms with Crippen molar-refractivity contribution in [3.05, 3.63) is 34.2 Å². The van der Waals surface area contributed by atoms with Gasteiger partial charge in [-0.1, -0.05) is 23.2 Å². The first kappa shape index (κ1) is 15.6. The Morgan fingerprint density at radius 1 is 1.35 bits per heavy atom. The number of imidazole rings is 1. The molecule has 5 nitrogen and oxygen atoms in total. The van der Waals surface area contributed by atoms with Crippen molar-refractivity contribution < 1.29 is 13.5 Å². The monoisotopic (exact) mass is 336 g/mol. The van der Waals surface area contributed by atoms with Crippen molar-refractivity contribution in [1.82, 2.24) is 9.38 Å². The maximum Gasteiger partial charge on any atom is 0.161 e. The van der Waals surface area contributed by atoms with Gasteiger partial charge in [0.05, 0.1) is 32.8 Å². The lowest BCUT2D eigenvalue weighted by Crippen LogP contribution is -2.30. The molecule has 0 saturated carbocycles. The average molecular weight is 337 g/mol. The summed E-state index contributed by atoms with van der Waals surface area (Å²) in [5, 5.41) is 9.34. The van der Waals surface area contributed by atoms with Crippen molar-refractivity contribution in [2.24, 2.45) is 0 Å². The molecule has 0 amide bonds. The molecule has 2 heterocycles. The van der Waals surface area contributed by atoms with Crippen LogP contribution in [0.25, 0.3) is 5.65 Å². The summed E-state index contributed by atoms with van der Waals surface area (Å²) >= 11 is 11.9. The van der Waals surface area contributed by atoms with Crippen LogP contribution in [-0.2, 0) is 15.6 Å². The molecule has 0 aliphatic rings. The third-order valence-electron chi connectivity index (χ3n) is 3.12. The van der Waals surface area contributed by atoms with Crippen LogP contribution in [0.1, 0.15) is 19.5 Å². The molecular weight excluding hydrogens is 323 g/mol. The number of fused-ring (bicyclic) bond motifs is 1. The summed E-state index contributed by atoms with van der Waals surface area (Å²) in [7, 11) is -3.49. The van der Waals surface area contributed by atoms with Crippen molar-refractivity contribution in [1.29, 1.82) is 0 Å². The molecule has 2 aromatic rings. The van der Waals surface area contributed by atoms with E-state index in [-0.39, 0.29) is 5.75 Å². The lowest BCUT2D eigenvalue weighted by molar-refractivity contribution is 0.192. The van der Waals surface area contributed by atoms with Crippen molar-refractivity contribution >= 4 is 38.7 Å². The second-order valence-corrected chi connectivity index (χ2v) is 7.92. The molecule has 0 saturated heterocycles. The van der Waals surface area contributed by atoms with Gasteiger partial charge in [0.1, 0.15) is 0 Å². The Bertz CT molecular complexity index is 740. The number of aromatic nitrogens is 2. The van der Waals surface area contributed by atoms with Crippen molar-refractivity contribution in [3.8, 4) is 0 Å². The number of nitrogens with zero attached hydrogens (tertiary/aromatic N) is 2.